The summed E-state index contributed by atoms with van der Waals surface area (Å²) < 4.78 is 4.98. The van der Waals surface area contributed by atoms with Crippen LogP contribution in [0.4, 0.5) is 4.79 Å². The van der Waals surface area contributed by atoms with E-state index < -0.39 is 24.1 Å². The van der Waals surface area contributed by atoms with Gasteiger partial charge in [0.1, 0.15) is 6.04 Å². The van der Waals surface area contributed by atoms with Crippen LogP contribution in [0.5, 0.6) is 5.88 Å². The van der Waals surface area contributed by atoms with Crippen LogP contribution in [0.15, 0.2) is 18.3 Å². The van der Waals surface area contributed by atoms with Crippen LogP contribution >= 0.6 is 0 Å². The number of ether oxygens (including phenoxy) is 1. The fourth-order valence-corrected chi connectivity index (χ4v) is 2.22. The first-order valence-electron chi connectivity index (χ1n) is 6.45. The number of aliphatic hydroxyl groups excluding tert-OH is 1. The molecular formula is C13H17N3O5. The summed E-state index contributed by atoms with van der Waals surface area (Å²) in [7, 11) is 1.49. The van der Waals surface area contributed by atoms with Gasteiger partial charge in [-0.25, -0.2) is 14.6 Å². The van der Waals surface area contributed by atoms with Crippen molar-refractivity contribution in [3.8, 4) is 5.88 Å². The number of likely N-dealkylation sites (tertiary alicyclic amines) is 1. The van der Waals surface area contributed by atoms with Crippen LogP contribution in [-0.4, -0.2) is 57.9 Å². The van der Waals surface area contributed by atoms with Crippen molar-refractivity contribution < 1.29 is 24.5 Å². The van der Waals surface area contributed by atoms with Gasteiger partial charge in [-0.1, -0.05) is 0 Å². The van der Waals surface area contributed by atoms with Gasteiger partial charge in [0.25, 0.3) is 0 Å². The van der Waals surface area contributed by atoms with E-state index in [2.05, 4.69) is 10.3 Å². The SMILES string of the molecule is COc1cc(CNC(=O)N2C[C@H](O)C[C@@H]2C(=O)O)ccn1. The van der Waals surface area contributed by atoms with E-state index in [0.29, 0.717) is 5.88 Å². The molecule has 114 valence electrons. The number of carboxylic acid groups (broad SMARTS) is 1. The Hall–Kier alpha value is -2.35. The summed E-state index contributed by atoms with van der Waals surface area (Å²) >= 11 is 0. The van der Waals surface area contributed by atoms with Crippen molar-refractivity contribution in [3.63, 3.8) is 0 Å². The standard InChI is InChI=1S/C13H17N3O5/c1-21-11-4-8(2-3-14-11)6-15-13(20)16-7-9(17)5-10(16)12(18)19/h2-4,9-10,17H,5-7H2,1H3,(H,15,20)(H,18,19)/t9-,10-/m1/s1. The van der Waals surface area contributed by atoms with Gasteiger partial charge in [-0.3, -0.25) is 0 Å². The van der Waals surface area contributed by atoms with Gasteiger partial charge in [-0.15, -0.1) is 0 Å². The molecule has 1 aromatic rings. The molecule has 1 aliphatic heterocycles. The van der Waals surface area contributed by atoms with Gasteiger partial charge in [-0.05, 0) is 11.6 Å². The van der Waals surface area contributed by atoms with E-state index in [1.807, 2.05) is 0 Å². The third-order valence-electron chi connectivity index (χ3n) is 3.28. The Bertz CT molecular complexity index is 536. The zero-order chi connectivity index (χ0) is 15.4. The maximum Gasteiger partial charge on any atom is 0.326 e. The van der Waals surface area contributed by atoms with Crippen LogP contribution in [0.3, 0.4) is 0 Å². The minimum atomic E-state index is -1.12. The minimum Gasteiger partial charge on any atom is -0.481 e. The van der Waals surface area contributed by atoms with Crippen LogP contribution in [0.1, 0.15) is 12.0 Å². The highest BCUT2D eigenvalue weighted by Gasteiger charge is 2.38. The molecule has 1 fully saturated rings. The van der Waals surface area contributed by atoms with Crippen LogP contribution in [0.2, 0.25) is 0 Å². The maximum absolute atomic E-state index is 12.0. The molecule has 0 bridgehead atoms. The third-order valence-corrected chi connectivity index (χ3v) is 3.28. The summed E-state index contributed by atoms with van der Waals surface area (Å²) in [5, 5.41) is 21.2. The zero-order valence-corrected chi connectivity index (χ0v) is 11.5. The third kappa shape index (κ3) is 3.60. The molecule has 2 amide bonds. The van der Waals surface area contributed by atoms with E-state index in [4.69, 9.17) is 9.84 Å². The van der Waals surface area contributed by atoms with E-state index >= 15 is 0 Å². The number of methoxy groups -OCH3 is 1. The lowest BCUT2D eigenvalue weighted by Crippen LogP contribution is -2.45. The number of carbonyl (C=O) groups excluding carboxylic acids is 1. The Labute approximate surface area is 121 Å². The first kappa shape index (κ1) is 15.0. The van der Waals surface area contributed by atoms with Gasteiger partial charge < -0.3 is 25.2 Å². The minimum absolute atomic E-state index is 0.0163. The molecule has 0 aromatic carbocycles. The maximum atomic E-state index is 12.0. The van der Waals surface area contributed by atoms with Crippen molar-refractivity contribution in [3.05, 3.63) is 23.9 Å². The predicted molar refractivity (Wildman–Crippen MR) is 71.8 cm³/mol. The number of aliphatic carboxylic acids is 1. The molecule has 1 saturated heterocycles. The monoisotopic (exact) mass is 295 g/mol. The number of amides is 2. The molecule has 0 aliphatic carbocycles. The molecule has 21 heavy (non-hydrogen) atoms. The van der Waals surface area contributed by atoms with E-state index in [9.17, 15) is 14.7 Å². The Balaban J connectivity index is 1.96. The number of nitrogens with one attached hydrogen (secondary N) is 1. The molecule has 2 rings (SSSR count). The van der Waals surface area contributed by atoms with Gasteiger partial charge in [0.2, 0.25) is 5.88 Å². The number of nitrogens with zero attached hydrogens (tertiary/aromatic N) is 2. The molecule has 2 heterocycles. The number of aromatic nitrogens is 1. The average molecular weight is 295 g/mol. The van der Waals surface area contributed by atoms with Crippen molar-refractivity contribution >= 4 is 12.0 Å². The zero-order valence-electron chi connectivity index (χ0n) is 11.5. The van der Waals surface area contributed by atoms with Crippen LogP contribution in [0.25, 0.3) is 0 Å². The fourth-order valence-electron chi connectivity index (χ4n) is 2.22. The second kappa shape index (κ2) is 6.40. The second-order valence-corrected chi connectivity index (χ2v) is 4.76. The summed E-state index contributed by atoms with van der Waals surface area (Å²) in [5.74, 6) is -0.686. The molecule has 0 radical (unpaired) electrons. The number of β-amino-alcohol motifs (C(OH)–C–C–N with tert-alkyl or cyclic N) is 1. The van der Waals surface area contributed by atoms with Gasteiger partial charge in [0.15, 0.2) is 0 Å². The number of rotatable bonds is 4. The summed E-state index contributed by atoms with van der Waals surface area (Å²) in [6.45, 7) is 0.235. The molecule has 0 saturated carbocycles. The van der Waals surface area contributed by atoms with Gasteiger partial charge in [0.05, 0.1) is 13.2 Å². The Morgan fingerprint density at radius 1 is 1.57 bits per heavy atom. The number of urea groups is 1. The number of hydrogen-bond donors (Lipinski definition) is 3. The lowest BCUT2D eigenvalue weighted by molar-refractivity contribution is -0.141. The Kier molecular flexibility index (Phi) is 4.59. The molecule has 2 atom stereocenters. The van der Waals surface area contributed by atoms with E-state index in [0.717, 1.165) is 10.5 Å². The largest absolute Gasteiger partial charge is 0.481 e. The first-order chi connectivity index (χ1) is 10.0. The van der Waals surface area contributed by atoms with Gasteiger partial charge >= 0.3 is 12.0 Å². The van der Waals surface area contributed by atoms with Gasteiger partial charge in [0, 0.05) is 31.8 Å². The Morgan fingerprint density at radius 2 is 2.33 bits per heavy atom. The number of carboxylic acids is 1. The summed E-state index contributed by atoms with van der Waals surface area (Å²) in [6, 6.07) is 1.88. The van der Waals surface area contributed by atoms with Crippen LogP contribution < -0.4 is 10.1 Å². The Morgan fingerprint density at radius 3 is 3.00 bits per heavy atom. The molecule has 8 nitrogen and oxygen atoms in total. The number of aliphatic hydroxyl groups is 1. The number of carbonyl (C=O) groups is 2. The normalized spacial score (nSPS) is 21.1. The molecule has 0 spiro atoms. The predicted octanol–water partition coefficient (Wildman–Crippen LogP) is -0.180. The highest BCUT2D eigenvalue weighted by molar-refractivity contribution is 5.83. The topological polar surface area (TPSA) is 112 Å². The molecule has 0 unspecified atom stereocenters. The van der Waals surface area contributed by atoms with Crippen molar-refractivity contribution in [1.82, 2.24) is 15.2 Å². The quantitative estimate of drug-likeness (QED) is 0.710. The lowest BCUT2D eigenvalue weighted by Gasteiger charge is -2.21. The summed E-state index contributed by atoms with van der Waals surface area (Å²) in [6.07, 6.45) is 0.795. The van der Waals surface area contributed by atoms with Gasteiger partial charge in [-0.2, -0.15) is 0 Å². The van der Waals surface area contributed by atoms with Crippen molar-refractivity contribution in [2.75, 3.05) is 13.7 Å². The summed E-state index contributed by atoms with van der Waals surface area (Å²) in [4.78, 5) is 28.2. The first-order valence-corrected chi connectivity index (χ1v) is 6.45. The highest BCUT2D eigenvalue weighted by Crippen LogP contribution is 2.18. The summed E-state index contributed by atoms with van der Waals surface area (Å²) in [5.41, 5.74) is 0.779. The van der Waals surface area contributed by atoms with E-state index in [1.165, 1.54) is 7.11 Å². The fraction of sp³-hybridized carbons (Fsp3) is 0.462. The van der Waals surface area contributed by atoms with Crippen molar-refractivity contribution in [2.45, 2.75) is 25.1 Å². The molecular weight excluding hydrogens is 278 g/mol. The van der Waals surface area contributed by atoms with E-state index in [-0.39, 0.29) is 19.5 Å². The van der Waals surface area contributed by atoms with Crippen LogP contribution in [0, 0.1) is 0 Å². The van der Waals surface area contributed by atoms with Crippen LogP contribution in [-0.2, 0) is 11.3 Å². The van der Waals surface area contributed by atoms with Crippen molar-refractivity contribution in [2.24, 2.45) is 0 Å². The smallest absolute Gasteiger partial charge is 0.326 e. The average Bonchev–Trinajstić information content (AvgIpc) is 2.87. The van der Waals surface area contributed by atoms with E-state index in [1.54, 1.807) is 18.3 Å². The number of pyridine rings is 1. The molecule has 8 heteroatoms. The molecule has 1 aromatic heterocycles. The molecule has 1 aliphatic rings. The lowest BCUT2D eigenvalue weighted by atomic mass is 10.2. The second-order valence-electron chi connectivity index (χ2n) is 4.76. The number of hydrogen-bond acceptors (Lipinski definition) is 5. The molecule has 3 N–H and O–H groups in total. The highest BCUT2D eigenvalue weighted by atomic mass is 16.5. The van der Waals surface area contributed by atoms with Crippen molar-refractivity contribution in [1.29, 1.82) is 0 Å².